The fourth-order valence-corrected chi connectivity index (χ4v) is 3.43. The molecule has 0 aliphatic rings. The Bertz CT molecular complexity index is 1010. The molecule has 1 heterocycles. The zero-order chi connectivity index (χ0) is 19.4. The van der Waals surface area contributed by atoms with Crippen molar-refractivity contribution in [1.29, 1.82) is 0 Å². The van der Waals surface area contributed by atoms with Crippen molar-refractivity contribution < 1.29 is 9.47 Å². The van der Waals surface area contributed by atoms with Crippen LogP contribution >= 0.6 is 51.3 Å². The van der Waals surface area contributed by atoms with E-state index in [0.717, 1.165) is 15.6 Å². The van der Waals surface area contributed by atoms with Gasteiger partial charge in [0.15, 0.2) is 11.5 Å². The Kier molecular flexibility index (Phi) is 6.64. The first-order valence-electron chi connectivity index (χ1n) is 7.77. The highest BCUT2D eigenvalue weighted by atomic mass is 79.9. The van der Waals surface area contributed by atoms with E-state index < -0.39 is 0 Å². The molecule has 10 heteroatoms. The van der Waals surface area contributed by atoms with Crippen LogP contribution in [-0.4, -0.2) is 22.0 Å². The molecule has 0 aliphatic heterocycles. The first-order valence-corrected chi connectivity index (χ1v) is 9.72. The Labute approximate surface area is 179 Å². The second-order valence-electron chi connectivity index (χ2n) is 5.51. The number of aromatic amines is 1. The van der Waals surface area contributed by atoms with Gasteiger partial charge in [0.25, 0.3) is 0 Å². The van der Waals surface area contributed by atoms with E-state index in [-0.39, 0.29) is 0 Å². The van der Waals surface area contributed by atoms with E-state index in [1.165, 1.54) is 0 Å². The minimum Gasteiger partial charge on any atom is -0.493 e. The summed E-state index contributed by atoms with van der Waals surface area (Å²) in [5, 5.41) is 7.54. The monoisotopic (exact) mass is 488 g/mol. The molecular weight excluding hydrogens is 475 g/mol. The summed E-state index contributed by atoms with van der Waals surface area (Å²) in [6.45, 7) is 0.851. The van der Waals surface area contributed by atoms with E-state index in [1.54, 1.807) is 30.2 Å². The maximum Gasteiger partial charge on any atom is 0.214 e. The second-order valence-corrected chi connectivity index (χ2v) is 7.57. The number of hydrogen-bond donors (Lipinski definition) is 2. The minimum absolute atomic E-state index is 0.327. The van der Waals surface area contributed by atoms with E-state index >= 15 is 0 Å². The van der Waals surface area contributed by atoms with Gasteiger partial charge in [-0.2, -0.15) is 5.10 Å². The number of methoxy groups -OCH3 is 1. The SMILES string of the molecule is COc1cc(CNn2cn[nH]c2=S)cc(Br)c1OCc1ccc(Cl)c(Cl)c1. The van der Waals surface area contributed by atoms with E-state index in [1.807, 2.05) is 18.2 Å². The standard InChI is InChI=1S/C17H15BrCl2N4O2S/c1-25-15-6-11(7-22-24-9-21-23-17(24)27)4-12(18)16(15)26-8-10-2-3-13(19)14(20)5-10/h2-6,9,22H,7-8H2,1H3,(H,23,27). The average Bonchev–Trinajstić information content (AvgIpc) is 3.06. The van der Waals surface area contributed by atoms with Gasteiger partial charge < -0.3 is 14.9 Å². The zero-order valence-electron chi connectivity index (χ0n) is 14.1. The number of aromatic nitrogens is 3. The van der Waals surface area contributed by atoms with Crippen LogP contribution in [-0.2, 0) is 13.2 Å². The van der Waals surface area contributed by atoms with E-state index in [9.17, 15) is 0 Å². The first kappa shape index (κ1) is 20.0. The van der Waals surface area contributed by atoms with E-state index in [0.29, 0.717) is 39.5 Å². The van der Waals surface area contributed by atoms with Crippen LogP contribution in [0.4, 0.5) is 0 Å². The molecule has 3 rings (SSSR count). The number of hydrogen-bond acceptors (Lipinski definition) is 5. The molecule has 0 saturated carbocycles. The van der Waals surface area contributed by atoms with Crippen molar-refractivity contribution in [3.05, 3.63) is 67.1 Å². The van der Waals surface area contributed by atoms with Crippen LogP contribution in [0.3, 0.4) is 0 Å². The summed E-state index contributed by atoms with van der Waals surface area (Å²) in [6, 6.07) is 9.22. The molecule has 0 spiro atoms. The lowest BCUT2D eigenvalue weighted by Gasteiger charge is -2.15. The first-order chi connectivity index (χ1) is 13.0. The average molecular weight is 490 g/mol. The number of benzene rings is 2. The second kappa shape index (κ2) is 8.97. The lowest BCUT2D eigenvalue weighted by molar-refractivity contribution is 0.282. The van der Waals surface area contributed by atoms with Crippen molar-refractivity contribution in [3.63, 3.8) is 0 Å². The molecule has 1 aromatic heterocycles. The fraction of sp³-hybridized carbons (Fsp3) is 0.176. The topological polar surface area (TPSA) is 64.1 Å². The van der Waals surface area contributed by atoms with Crippen LogP contribution < -0.4 is 14.9 Å². The van der Waals surface area contributed by atoms with Gasteiger partial charge >= 0.3 is 0 Å². The van der Waals surface area contributed by atoms with Gasteiger partial charge in [0, 0.05) is 0 Å². The molecule has 2 aromatic carbocycles. The summed E-state index contributed by atoms with van der Waals surface area (Å²) in [5.41, 5.74) is 5.03. The van der Waals surface area contributed by atoms with Gasteiger partial charge in [-0.15, -0.1) is 0 Å². The van der Waals surface area contributed by atoms with Gasteiger partial charge in [0.1, 0.15) is 12.9 Å². The van der Waals surface area contributed by atoms with E-state index in [2.05, 4.69) is 31.6 Å². The highest BCUT2D eigenvalue weighted by Crippen LogP contribution is 2.37. The summed E-state index contributed by atoms with van der Waals surface area (Å²) in [6.07, 6.45) is 1.57. The molecule has 0 unspecified atom stereocenters. The van der Waals surface area contributed by atoms with Crippen LogP contribution in [0.2, 0.25) is 10.0 Å². The third-order valence-electron chi connectivity index (χ3n) is 3.66. The largest absolute Gasteiger partial charge is 0.493 e. The molecule has 0 saturated heterocycles. The van der Waals surface area contributed by atoms with Gasteiger partial charge in [0.2, 0.25) is 4.77 Å². The third-order valence-corrected chi connectivity index (χ3v) is 5.28. The van der Waals surface area contributed by atoms with Crippen molar-refractivity contribution in [2.24, 2.45) is 0 Å². The molecule has 0 aliphatic carbocycles. The number of rotatable bonds is 7. The molecule has 27 heavy (non-hydrogen) atoms. The molecule has 0 fully saturated rings. The van der Waals surface area contributed by atoms with Gasteiger partial charge in [-0.3, -0.25) is 5.10 Å². The quantitative estimate of drug-likeness (QED) is 0.438. The molecule has 142 valence electrons. The molecule has 0 radical (unpaired) electrons. The molecule has 6 nitrogen and oxygen atoms in total. The summed E-state index contributed by atoms with van der Waals surface area (Å²) in [7, 11) is 1.59. The number of nitrogens with zero attached hydrogens (tertiary/aromatic N) is 2. The van der Waals surface area contributed by atoms with Crippen LogP contribution in [0.1, 0.15) is 11.1 Å². The summed E-state index contributed by atoms with van der Waals surface area (Å²) in [5.74, 6) is 1.21. The molecule has 0 amide bonds. The van der Waals surface area contributed by atoms with Crippen molar-refractivity contribution in [3.8, 4) is 11.5 Å². The number of ether oxygens (including phenoxy) is 2. The van der Waals surface area contributed by atoms with Gasteiger partial charge in [-0.05, 0) is 63.5 Å². The minimum atomic E-state index is 0.327. The third kappa shape index (κ3) is 4.95. The lowest BCUT2D eigenvalue weighted by atomic mass is 10.2. The van der Waals surface area contributed by atoms with E-state index in [4.69, 9.17) is 44.9 Å². The Morgan fingerprint density at radius 2 is 2.04 bits per heavy atom. The summed E-state index contributed by atoms with van der Waals surface area (Å²) in [4.78, 5) is 0. The van der Waals surface area contributed by atoms with Gasteiger partial charge in [0.05, 0.1) is 28.2 Å². The molecule has 3 aromatic rings. The number of H-pyrrole nitrogens is 1. The molecule has 0 bridgehead atoms. The lowest BCUT2D eigenvalue weighted by Crippen LogP contribution is -2.13. The molecule has 0 atom stereocenters. The zero-order valence-corrected chi connectivity index (χ0v) is 18.0. The van der Waals surface area contributed by atoms with Crippen LogP contribution in [0.5, 0.6) is 11.5 Å². The van der Waals surface area contributed by atoms with Crippen molar-refractivity contribution in [2.45, 2.75) is 13.2 Å². The van der Waals surface area contributed by atoms with Crippen molar-refractivity contribution in [2.75, 3.05) is 12.5 Å². The predicted molar refractivity (Wildman–Crippen MR) is 112 cm³/mol. The highest BCUT2D eigenvalue weighted by Gasteiger charge is 2.13. The highest BCUT2D eigenvalue weighted by molar-refractivity contribution is 9.10. The maximum absolute atomic E-state index is 6.05. The van der Waals surface area contributed by atoms with Gasteiger partial charge in [-0.1, -0.05) is 29.3 Å². The van der Waals surface area contributed by atoms with Crippen LogP contribution in [0.25, 0.3) is 0 Å². The molecular formula is C17H15BrCl2N4O2S. The summed E-state index contributed by atoms with van der Waals surface area (Å²) >= 11 is 20.6. The Morgan fingerprint density at radius 1 is 1.22 bits per heavy atom. The Hall–Kier alpha value is -1.74. The Balaban J connectivity index is 1.74. The smallest absolute Gasteiger partial charge is 0.214 e. The Morgan fingerprint density at radius 3 is 2.70 bits per heavy atom. The number of nitrogens with one attached hydrogen (secondary N) is 2. The fourth-order valence-electron chi connectivity index (χ4n) is 2.34. The van der Waals surface area contributed by atoms with Crippen LogP contribution in [0, 0.1) is 4.77 Å². The predicted octanol–water partition coefficient (Wildman–Crippen LogP) is 5.34. The van der Waals surface area contributed by atoms with Crippen molar-refractivity contribution >= 4 is 51.3 Å². The molecule has 2 N–H and O–H groups in total. The van der Waals surface area contributed by atoms with Crippen LogP contribution in [0.15, 0.2) is 41.1 Å². The van der Waals surface area contributed by atoms with Gasteiger partial charge in [-0.25, -0.2) is 4.68 Å². The van der Waals surface area contributed by atoms with Crippen molar-refractivity contribution in [1.82, 2.24) is 14.9 Å². The number of halogens is 3. The normalized spacial score (nSPS) is 10.7. The summed E-state index contributed by atoms with van der Waals surface area (Å²) < 4.78 is 14.3. The maximum atomic E-state index is 6.05.